The highest BCUT2D eigenvalue weighted by molar-refractivity contribution is 9.10. The van der Waals surface area contributed by atoms with Crippen LogP contribution in [0.15, 0.2) is 27.1 Å². The van der Waals surface area contributed by atoms with Gasteiger partial charge < -0.3 is 14.2 Å². The minimum absolute atomic E-state index is 0.0423. The first-order valence-electron chi connectivity index (χ1n) is 8.36. The van der Waals surface area contributed by atoms with Crippen LogP contribution in [0.1, 0.15) is 32.0 Å². The molecule has 0 atom stereocenters. The fourth-order valence-corrected chi connectivity index (χ4v) is 3.20. The SMILES string of the molecule is CCOC(=O)Cc1csc(NN=Cc2cc(OC)c(OC(C)C)cc2Br)n1. The van der Waals surface area contributed by atoms with Crippen molar-refractivity contribution >= 4 is 44.6 Å². The average Bonchev–Trinajstić information content (AvgIpc) is 3.03. The summed E-state index contributed by atoms with van der Waals surface area (Å²) in [4.78, 5) is 15.8. The van der Waals surface area contributed by atoms with E-state index in [4.69, 9.17) is 14.2 Å². The van der Waals surface area contributed by atoms with Crippen LogP contribution in [0.4, 0.5) is 5.13 Å². The molecule has 0 amide bonds. The summed E-state index contributed by atoms with van der Waals surface area (Å²) in [6, 6.07) is 3.68. The van der Waals surface area contributed by atoms with Gasteiger partial charge in [-0.05, 0) is 48.8 Å². The van der Waals surface area contributed by atoms with E-state index in [0.717, 1.165) is 10.0 Å². The maximum absolute atomic E-state index is 11.5. The fraction of sp³-hybridized carbons (Fsp3) is 0.389. The van der Waals surface area contributed by atoms with E-state index >= 15 is 0 Å². The van der Waals surface area contributed by atoms with Crippen molar-refractivity contribution in [2.75, 3.05) is 19.1 Å². The van der Waals surface area contributed by atoms with Gasteiger partial charge in [0.1, 0.15) is 0 Å². The highest BCUT2D eigenvalue weighted by atomic mass is 79.9. The summed E-state index contributed by atoms with van der Waals surface area (Å²) >= 11 is 4.88. The summed E-state index contributed by atoms with van der Waals surface area (Å²) in [7, 11) is 1.59. The first kappa shape index (κ1) is 21.2. The first-order valence-corrected chi connectivity index (χ1v) is 10.0. The summed E-state index contributed by atoms with van der Waals surface area (Å²) < 4.78 is 16.9. The predicted molar refractivity (Wildman–Crippen MR) is 110 cm³/mol. The van der Waals surface area contributed by atoms with Gasteiger partial charge in [0.2, 0.25) is 5.13 Å². The lowest BCUT2D eigenvalue weighted by molar-refractivity contribution is -0.142. The van der Waals surface area contributed by atoms with Gasteiger partial charge in [-0.2, -0.15) is 5.10 Å². The van der Waals surface area contributed by atoms with Crippen molar-refractivity contribution in [2.24, 2.45) is 5.10 Å². The molecule has 0 saturated heterocycles. The van der Waals surface area contributed by atoms with E-state index < -0.39 is 0 Å². The van der Waals surface area contributed by atoms with Crippen molar-refractivity contribution < 1.29 is 19.0 Å². The Morgan fingerprint density at radius 2 is 2.19 bits per heavy atom. The van der Waals surface area contributed by atoms with E-state index in [-0.39, 0.29) is 18.5 Å². The molecule has 0 spiro atoms. The van der Waals surface area contributed by atoms with Crippen LogP contribution in [0.2, 0.25) is 0 Å². The standard InChI is InChI=1S/C18H22BrN3O4S/c1-5-25-17(23)7-13-10-27-18(21-13)22-20-9-12-6-15(24-4)16(8-14(12)19)26-11(2)3/h6,8-11H,5,7H2,1-4H3,(H,21,22). The molecule has 1 aromatic carbocycles. The Balaban J connectivity index is 2.04. The molecule has 0 saturated carbocycles. The van der Waals surface area contributed by atoms with Crippen molar-refractivity contribution in [1.29, 1.82) is 0 Å². The zero-order valence-electron chi connectivity index (χ0n) is 15.6. The maximum atomic E-state index is 11.5. The number of carbonyl (C=O) groups is 1. The number of benzene rings is 1. The molecule has 2 rings (SSSR count). The Morgan fingerprint density at radius 1 is 1.41 bits per heavy atom. The molecule has 9 heteroatoms. The third kappa shape index (κ3) is 6.51. The van der Waals surface area contributed by atoms with E-state index in [1.54, 1.807) is 25.6 Å². The van der Waals surface area contributed by atoms with Crippen molar-refractivity contribution in [3.63, 3.8) is 0 Å². The topological polar surface area (TPSA) is 82.0 Å². The lowest BCUT2D eigenvalue weighted by Crippen LogP contribution is -2.07. The number of carbonyl (C=O) groups excluding carboxylic acids is 1. The summed E-state index contributed by atoms with van der Waals surface area (Å²) in [5, 5.41) is 6.59. The van der Waals surface area contributed by atoms with Crippen molar-refractivity contribution in [2.45, 2.75) is 33.3 Å². The Hall–Kier alpha value is -2.13. The molecular weight excluding hydrogens is 434 g/mol. The lowest BCUT2D eigenvalue weighted by atomic mass is 10.2. The van der Waals surface area contributed by atoms with Crippen LogP contribution in [0.25, 0.3) is 0 Å². The van der Waals surface area contributed by atoms with E-state index in [9.17, 15) is 4.79 Å². The zero-order valence-corrected chi connectivity index (χ0v) is 18.0. The predicted octanol–water partition coefficient (Wildman–Crippen LogP) is 4.25. The van der Waals surface area contributed by atoms with Crippen LogP contribution in [0.3, 0.4) is 0 Å². The quantitative estimate of drug-likeness (QED) is 0.345. The van der Waals surface area contributed by atoms with Crippen molar-refractivity contribution in [3.05, 3.63) is 33.2 Å². The number of hydrazone groups is 1. The largest absolute Gasteiger partial charge is 0.493 e. The number of rotatable bonds is 9. The normalized spacial score (nSPS) is 11.0. The second-order valence-electron chi connectivity index (χ2n) is 5.69. The van der Waals surface area contributed by atoms with Gasteiger partial charge in [-0.3, -0.25) is 10.2 Å². The molecular formula is C18H22BrN3O4S. The van der Waals surface area contributed by atoms with E-state index in [2.05, 4.69) is 31.4 Å². The third-order valence-corrected chi connectivity index (χ3v) is 4.67. The maximum Gasteiger partial charge on any atom is 0.311 e. The first-order chi connectivity index (χ1) is 12.9. The van der Waals surface area contributed by atoms with Crippen LogP contribution in [-0.2, 0) is 16.0 Å². The second kappa shape index (κ2) is 10.3. The number of nitrogens with one attached hydrogen (secondary N) is 1. The summed E-state index contributed by atoms with van der Waals surface area (Å²) in [5.74, 6) is 0.991. The van der Waals surface area contributed by atoms with E-state index in [1.165, 1.54) is 11.3 Å². The van der Waals surface area contributed by atoms with Gasteiger partial charge in [0.25, 0.3) is 0 Å². The molecule has 2 aromatic rings. The number of hydrogen-bond donors (Lipinski definition) is 1. The molecule has 7 nitrogen and oxygen atoms in total. The zero-order chi connectivity index (χ0) is 19.8. The molecule has 27 heavy (non-hydrogen) atoms. The Morgan fingerprint density at radius 3 is 2.85 bits per heavy atom. The summed E-state index contributed by atoms with van der Waals surface area (Å²) in [5.41, 5.74) is 4.33. The molecule has 0 aliphatic heterocycles. The van der Waals surface area contributed by atoms with Gasteiger partial charge in [0.05, 0.1) is 38.1 Å². The smallest absolute Gasteiger partial charge is 0.311 e. The summed E-state index contributed by atoms with van der Waals surface area (Å²) in [6.07, 6.45) is 1.84. The molecule has 0 bridgehead atoms. The summed E-state index contributed by atoms with van der Waals surface area (Å²) in [6.45, 7) is 6.04. The fourth-order valence-electron chi connectivity index (χ4n) is 2.11. The van der Waals surface area contributed by atoms with Gasteiger partial charge in [-0.1, -0.05) is 0 Å². The van der Waals surface area contributed by atoms with Gasteiger partial charge in [-0.25, -0.2) is 4.98 Å². The molecule has 0 aliphatic rings. The number of aromatic nitrogens is 1. The van der Waals surface area contributed by atoms with Gasteiger partial charge in [0, 0.05) is 15.4 Å². The van der Waals surface area contributed by atoms with Crippen LogP contribution in [0.5, 0.6) is 11.5 Å². The minimum Gasteiger partial charge on any atom is -0.493 e. The third-order valence-electron chi connectivity index (χ3n) is 3.19. The number of methoxy groups -OCH3 is 1. The molecule has 1 heterocycles. The highest BCUT2D eigenvalue weighted by Crippen LogP contribution is 2.33. The van der Waals surface area contributed by atoms with Crippen LogP contribution < -0.4 is 14.9 Å². The molecule has 0 radical (unpaired) electrons. The number of esters is 1. The van der Waals surface area contributed by atoms with E-state index in [0.29, 0.717) is 28.9 Å². The number of halogens is 1. The van der Waals surface area contributed by atoms with Crippen molar-refractivity contribution in [1.82, 2.24) is 4.98 Å². The molecule has 0 fully saturated rings. The monoisotopic (exact) mass is 455 g/mol. The highest BCUT2D eigenvalue weighted by Gasteiger charge is 2.11. The second-order valence-corrected chi connectivity index (χ2v) is 7.40. The van der Waals surface area contributed by atoms with Gasteiger partial charge >= 0.3 is 5.97 Å². The Kier molecular flexibility index (Phi) is 8.05. The number of hydrogen-bond acceptors (Lipinski definition) is 8. The van der Waals surface area contributed by atoms with Crippen molar-refractivity contribution in [3.8, 4) is 11.5 Å². The average molecular weight is 456 g/mol. The van der Waals surface area contributed by atoms with Gasteiger partial charge in [0.15, 0.2) is 11.5 Å². The van der Waals surface area contributed by atoms with E-state index in [1.807, 2.05) is 26.0 Å². The Labute approximate surface area is 170 Å². The lowest BCUT2D eigenvalue weighted by Gasteiger charge is -2.14. The molecule has 0 aliphatic carbocycles. The molecule has 1 N–H and O–H groups in total. The number of nitrogens with zero attached hydrogens (tertiary/aromatic N) is 2. The van der Waals surface area contributed by atoms with Crippen LogP contribution >= 0.6 is 27.3 Å². The van der Waals surface area contributed by atoms with Gasteiger partial charge in [-0.15, -0.1) is 11.3 Å². The minimum atomic E-state index is -0.294. The van der Waals surface area contributed by atoms with Crippen LogP contribution in [-0.4, -0.2) is 37.0 Å². The number of anilines is 1. The number of thiazole rings is 1. The van der Waals surface area contributed by atoms with Crippen LogP contribution in [0, 0.1) is 0 Å². The molecule has 146 valence electrons. The number of ether oxygens (including phenoxy) is 3. The Bertz CT molecular complexity index is 808. The molecule has 0 unspecified atom stereocenters. The molecule has 1 aromatic heterocycles.